The van der Waals surface area contributed by atoms with E-state index in [2.05, 4.69) is 21.2 Å². The fourth-order valence-corrected chi connectivity index (χ4v) is 3.10. The molecule has 0 radical (unpaired) electrons. The van der Waals surface area contributed by atoms with E-state index in [1.165, 1.54) is 0 Å². The Labute approximate surface area is 177 Å². The molecule has 0 saturated carbocycles. The number of hydrogen-bond donors (Lipinski definition) is 1. The Kier molecular flexibility index (Phi) is 7.03. The second-order valence-corrected chi connectivity index (χ2v) is 7.32. The third-order valence-corrected chi connectivity index (χ3v) is 4.52. The second-order valence-electron chi connectivity index (χ2n) is 6.41. The number of para-hydroxylation sites is 1. The first kappa shape index (κ1) is 20.6. The molecule has 3 aromatic rings. The van der Waals surface area contributed by atoms with Crippen LogP contribution >= 0.6 is 15.9 Å². The van der Waals surface area contributed by atoms with Crippen molar-refractivity contribution in [2.24, 2.45) is 0 Å². The van der Waals surface area contributed by atoms with E-state index in [1.54, 1.807) is 42.5 Å². The van der Waals surface area contributed by atoms with Crippen molar-refractivity contribution in [1.82, 2.24) is 0 Å². The Hall–Kier alpha value is -3.12. The third kappa shape index (κ3) is 6.19. The van der Waals surface area contributed by atoms with Crippen molar-refractivity contribution in [2.45, 2.75) is 13.5 Å². The molecule has 1 amide bonds. The first-order valence-corrected chi connectivity index (χ1v) is 9.80. The van der Waals surface area contributed by atoms with Crippen LogP contribution in [0.15, 0.2) is 77.3 Å². The predicted octanol–water partition coefficient (Wildman–Crippen LogP) is 5.13. The number of amides is 1. The number of ether oxygens (including phenoxy) is 2. The standard InChI is InChI=1S/C23H20BrNO4/c1-16-6-4-7-17(12-16)14-28-21-11-3-2-10-20(21)23(27)29-15-22(26)25-19-9-5-8-18(24)13-19/h2-13H,14-15H2,1H3,(H,25,26). The molecule has 0 aliphatic carbocycles. The molecule has 0 bridgehead atoms. The topological polar surface area (TPSA) is 64.6 Å². The third-order valence-electron chi connectivity index (χ3n) is 4.03. The van der Waals surface area contributed by atoms with Gasteiger partial charge in [0.1, 0.15) is 17.9 Å². The number of halogens is 1. The SMILES string of the molecule is Cc1cccc(COc2ccccc2C(=O)OCC(=O)Nc2cccc(Br)c2)c1. The van der Waals surface area contributed by atoms with Crippen LogP contribution in [0.5, 0.6) is 5.75 Å². The fraction of sp³-hybridized carbons (Fsp3) is 0.130. The maximum Gasteiger partial charge on any atom is 0.342 e. The zero-order valence-corrected chi connectivity index (χ0v) is 17.4. The van der Waals surface area contributed by atoms with Crippen LogP contribution in [0.25, 0.3) is 0 Å². The molecule has 0 aromatic heterocycles. The second kappa shape index (κ2) is 9.89. The molecule has 3 aromatic carbocycles. The summed E-state index contributed by atoms with van der Waals surface area (Å²) in [4.78, 5) is 24.5. The molecule has 29 heavy (non-hydrogen) atoms. The molecule has 0 atom stereocenters. The largest absolute Gasteiger partial charge is 0.488 e. The maximum atomic E-state index is 12.5. The number of benzene rings is 3. The van der Waals surface area contributed by atoms with Gasteiger partial charge in [0, 0.05) is 10.2 Å². The minimum absolute atomic E-state index is 0.274. The van der Waals surface area contributed by atoms with Gasteiger partial charge in [0.15, 0.2) is 6.61 Å². The smallest absolute Gasteiger partial charge is 0.342 e. The lowest BCUT2D eigenvalue weighted by molar-refractivity contribution is -0.119. The van der Waals surface area contributed by atoms with Gasteiger partial charge in [0.2, 0.25) is 0 Å². The summed E-state index contributed by atoms with van der Waals surface area (Å²) in [6, 6.07) is 21.9. The van der Waals surface area contributed by atoms with E-state index in [0.29, 0.717) is 18.0 Å². The van der Waals surface area contributed by atoms with Gasteiger partial charge in [-0.25, -0.2) is 4.79 Å². The highest BCUT2D eigenvalue weighted by molar-refractivity contribution is 9.10. The average molecular weight is 454 g/mol. The maximum absolute atomic E-state index is 12.5. The van der Waals surface area contributed by atoms with Crippen molar-refractivity contribution in [3.05, 3.63) is 94.0 Å². The predicted molar refractivity (Wildman–Crippen MR) is 115 cm³/mol. The van der Waals surface area contributed by atoms with Crippen LogP contribution in [-0.2, 0) is 16.1 Å². The Morgan fingerprint density at radius 3 is 2.55 bits per heavy atom. The minimum atomic E-state index is -0.616. The van der Waals surface area contributed by atoms with E-state index in [-0.39, 0.29) is 5.56 Å². The molecular weight excluding hydrogens is 434 g/mol. The molecule has 0 saturated heterocycles. The number of hydrogen-bond acceptors (Lipinski definition) is 4. The minimum Gasteiger partial charge on any atom is -0.488 e. The fourth-order valence-electron chi connectivity index (χ4n) is 2.70. The zero-order chi connectivity index (χ0) is 20.6. The van der Waals surface area contributed by atoms with Gasteiger partial charge in [-0.2, -0.15) is 0 Å². The summed E-state index contributed by atoms with van der Waals surface area (Å²) in [6.45, 7) is 1.95. The average Bonchev–Trinajstić information content (AvgIpc) is 2.71. The number of nitrogens with one attached hydrogen (secondary N) is 1. The number of rotatable bonds is 7. The van der Waals surface area contributed by atoms with Crippen LogP contribution in [-0.4, -0.2) is 18.5 Å². The van der Waals surface area contributed by atoms with Crippen molar-refractivity contribution in [2.75, 3.05) is 11.9 Å². The van der Waals surface area contributed by atoms with Crippen LogP contribution in [0.3, 0.4) is 0 Å². The molecule has 0 aliphatic rings. The van der Waals surface area contributed by atoms with Crippen molar-refractivity contribution >= 4 is 33.5 Å². The van der Waals surface area contributed by atoms with Gasteiger partial charge in [-0.05, 0) is 42.8 Å². The van der Waals surface area contributed by atoms with Crippen LogP contribution in [0.1, 0.15) is 21.5 Å². The molecular formula is C23H20BrNO4. The van der Waals surface area contributed by atoms with Gasteiger partial charge in [-0.1, -0.05) is 64.0 Å². The van der Waals surface area contributed by atoms with Gasteiger partial charge in [-0.3, -0.25) is 4.79 Å². The Morgan fingerprint density at radius 2 is 1.76 bits per heavy atom. The molecule has 6 heteroatoms. The molecule has 0 fully saturated rings. The number of aryl methyl sites for hydroxylation is 1. The summed E-state index contributed by atoms with van der Waals surface area (Å²) in [6.07, 6.45) is 0. The molecule has 0 heterocycles. The quantitative estimate of drug-likeness (QED) is 0.503. The molecule has 3 rings (SSSR count). The number of anilines is 1. The normalized spacial score (nSPS) is 10.3. The van der Waals surface area contributed by atoms with Crippen LogP contribution < -0.4 is 10.1 Å². The number of esters is 1. The highest BCUT2D eigenvalue weighted by atomic mass is 79.9. The summed E-state index contributed by atoms with van der Waals surface area (Å²) >= 11 is 3.34. The summed E-state index contributed by atoms with van der Waals surface area (Å²) in [7, 11) is 0. The Morgan fingerprint density at radius 1 is 0.966 bits per heavy atom. The summed E-state index contributed by atoms with van der Waals surface area (Å²) in [5.74, 6) is -0.629. The van der Waals surface area contributed by atoms with E-state index < -0.39 is 18.5 Å². The van der Waals surface area contributed by atoms with E-state index in [0.717, 1.165) is 15.6 Å². The lowest BCUT2D eigenvalue weighted by Gasteiger charge is -2.12. The van der Waals surface area contributed by atoms with E-state index >= 15 is 0 Å². The number of carbonyl (C=O) groups is 2. The van der Waals surface area contributed by atoms with Crippen LogP contribution in [0, 0.1) is 6.92 Å². The van der Waals surface area contributed by atoms with Gasteiger partial charge in [0.25, 0.3) is 5.91 Å². The summed E-state index contributed by atoms with van der Waals surface area (Å²) in [5.41, 5.74) is 3.02. The molecule has 0 aliphatic heterocycles. The highest BCUT2D eigenvalue weighted by Crippen LogP contribution is 2.21. The van der Waals surface area contributed by atoms with E-state index in [1.807, 2.05) is 37.3 Å². The van der Waals surface area contributed by atoms with E-state index in [4.69, 9.17) is 9.47 Å². The first-order valence-electron chi connectivity index (χ1n) is 9.01. The highest BCUT2D eigenvalue weighted by Gasteiger charge is 2.15. The van der Waals surface area contributed by atoms with E-state index in [9.17, 15) is 9.59 Å². The summed E-state index contributed by atoms with van der Waals surface area (Å²) < 4.78 is 11.8. The van der Waals surface area contributed by atoms with Crippen molar-refractivity contribution in [1.29, 1.82) is 0 Å². The Bertz CT molecular complexity index is 1020. The van der Waals surface area contributed by atoms with Crippen molar-refractivity contribution in [3.8, 4) is 5.75 Å². The zero-order valence-electron chi connectivity index (χ0n) is 15.9. The lowest BCUT2D eigenvalue weighted by Crippen LogP contribution is -2.21. The van der Waals surface area contributed by atoms with Gasteiger partial charge < -0.3 is 14.8 Å². The first-order chi connectivity index (χ1) is 14.0. The van der Waals surface area contributed by atoms with Gasteiger partial charge in [-0.15, -0.1) is 0 Å². The van der Waals surface area contributed by atoms with Gasteiger partial charge in [0.05, 0.1) is 0 Å². The molecule has 148 valence electrons. The molecule has 0 spiro atoms. The Balaban J connectivity index is 1.58. The molecule has 5 nitrogen and oxygen atoms in total. The molecule has 1 N–H and O–H groups in total. The monoisotopic (exact) mass is 453 g/mol. The van der Waals surface area contributed by atoms with Crippen LogP contribution in [0.4, 0.5) is 5.69 Å². The summed E-state index contributed by atoms with van der Waals surface area (Å²) in [5, 5.41) is 2.68. The van der Waals surface area contributed by atoms with Gasteiger partial charge >= 0.3 is 5.97 Å². The lowest BCUT2D eigenvalue weighted by atomic mass is 10.1. The molecule has 0 unspecified atom stereocenters. The number of carbonyl (C=O) groups excluding carboxylic acids is 2. The van der Waals surface area contributed by atoms with Crippen molar-refractivity contribution in [3.63, 3.8) is 0 Å². The van der Waals surface area contributed by atoms with Crippen LogP contribution in [0.2, 0.25) is 0 Å². The van der Waals surface area contributed by atoms with Crippen molar-refractivity contribution < 1.29 is 19.1 Å².